The lowest BCUT2D eigenvalue weighted by Gasteiger charge is -2.12. The molecule has 1 aromatic carbocycles. The topological polar surface area (TPSA) is 73.6 Å². The molecule has 0 atom stereocenters. The van der Waals surface area contributed by atoms with E-state index < -0.39 is 0 Å². The number of hydrogen-bond donors (Lipinski definition) is 2. The first kappa shape index (κ1) is 17.9. The summed E-state index contributed by atoms with van der Waals surface area (Å²) in [5, 5.41) is 19.9. The van der Waals surface area contributed by atoms with Crippen molar-refractivity contribution in [1.82, 2.24) is 15.3 Å². The van der Waals surface area contributed by atoms with Crippen molar-refractivity contribution in [3.05, 3.63) is 63.2 Å². The van der Waals surface area contributed by atoms with Gasteiger partial charge in [-0.05, 0) is 36.6 Å². The van der Waals surface area contributed by atoms with Crippen molar-refractivity contribution in [1.29, 1.82) is 5.26 Å². The van der Waals surface area contributed by atoms with Crippen LogP contribution in [0.15, 0.2) is 47.0 Å². The Labute approximate surface area is 167 Å². The zero-order chi connectivity index (χ0) is 18.6. The maximum absolute atomic E-state index is 9.73. The van der Waals surface area contributed by atoms with E-state index in [1.807, 2.05) is 29.7 Å². The average molecular weight is 396 g/mol. The zero-order valence-electron chi connectivity index (χ0n) is 14.6. The van der Waals surface area contributed by atoms with E-state index in [0.29, 0.717) is 28.3 Å². The number of allylic oxidation sites excluding steroid dienone is 1. The molecule has 2 N–H and O–H groups in total. The summed E-state index contributed by atoms with van der Waals surface area (Å²) >= 11 is 7.44. The molecule has 0 amide bonds. The first-order valence-electron chi connectivity index (χ1n) is 8.87. The molecule has 136 valence electrons. The van der Waals surface area contributed by atoms with Crippen LogP contribution in [0.25, 0.3) is 11.3 Å². The number of anilines is 1. The van der Waals surface area contributed by atoms with Gasteiger partial charge in [0.1, 0.15) is 11.6 Å². The molecule has 1 aromatic heterocycles. The summed E-state index contributed by atoms with van der Waals surface area (Å²) in [7, 11) is 0. The van der Waals surface area contributed by atoms with E-state index >= 15 is 0 Å². The number of nitrogens with one attached hydrogen (secondary N) is 2. The van der Waals surface area contributed by atoms with E-state index in [9.17, 15) is 5.26 Å². The van der Waals surface area contributed by atoms with Crippen molar-refractivity contribution in [2.24, 2.45) is 0 Å². The zero-order valence-corrected chi connectivity index (χ0v) is 16.1. The van der Waals surface area contributed by atoms with E-state index in [1.54, 1.807) is 12.3 Å². The van der Waals surface area contributed by atoms with Gasteiger partial charge in [-0.2, -0.15) is 5.26 Å². The first-order chi connectivity index (χ1) is 13.2. The SMILES string of the molecule is N#CC(=C1NC(c2ccc(Cl)cc2)=CS1)c1ccnc(NC2CCCC2)n1. The van der Waals surface area contributed by atoms with Gasteiger partial charge in [-0.3, -0.25) is 0 Å². The largest absolute Gasteiger partial charge is 0.351 e. The van der Waals surface area contributed by atoms with Crippen molar-refractivity contribution in [3.63, 3.8) is 0 Å². The Balaban J connectivity index is 1.55. The highest BCUT2D eigenvalue weighted by Gasteiger charge is 2.20. The van der Waals surface area contributed by atoms with Crippen LogP contribution in [-0.2, 0) is 0 Å². The third-order valence-electron chi connectivity index (χ3n) is 4.64. The predicted octanol–water partition coefficient (Wildman–Crippen LogP) is 5.01. The number of benzene rings is 1. The molecule has 1 fully saturated rings. The molecule has 27 heavy (non-hydrogen) atoms. The Bertz CT molecular complexity index is 940. The molecule has 2 aromatic rings. The Kier molecular flexibility index (Phi) is 5.33. The molecule has 0 saturated heterocycles. The van der Waals surface area contributed by atoms with Gasteiger partial charge in [-0.25, -0.2) is 9.97 Å². The second kappa shape index (κ2) is 8.03. The summed E-state index contributed by atoms with van der Waals surface area (Å²) in [6.45, 7) is 0. The molecule has 2 heterocycles. The lowest BCUT2D eigenvalue weighted by Crippen LogP contribution is -2.17. The molecule has 0 bridgehead atoms. The molecule has 0 spiro atoms. The summed E-state index contributed by atoms with van der Waals surface area (Å²) < 4.78 is 0. The fourth-order valence-electron chi connectivity index (χ4n) is 3.23. The van der Waals surface area contributed by atoms with E-state index in [1.165, 1.54) is 24.6 Å². The number of thioether (sulfide) groups is 1. The van der Waals surface area contributed by atoms with Crippen LogP contribution in [0.1, 0.15) is 36.9 Å². The number of aromatic nitrogens is 2. The van der Waals surface area contributed by atoms with Crippen LogP contribution in [0, 0.1) is 11.3 Å². The summed E-state index contributed by atoms with van der Waals surface area (Å²) in [5.74, 6) is 0.585. The average Bonchev–Trinajstić information content (AvgIpc) is 3.36. The second-order valence-electron chi connectivity index (χ2n) is 6.49. The summed E-state index contributed by atoms with van der Waals surface area (Å²) in [6.07, 6.45) is 6.47. The molecule has 5 nitrogen and oxygen atoms in total. The van der Waals surface area contributed by atoms with E-state index in [0.717, 1.165) is 29.1 Å². The van der Waals surface area contributed by atoms with Crippen molar-refractivity contribution in [3.8, 4) is 6.07 Å². The highest BCUT2D eigenvalue weighted by Crippen LogP contribution is 2.35. The minimum Gasteiger partial charge on any atom is -0.351 e. The number of halogens is 1. The maximum Gasteiger partial charge on any atom is 0.223 e. The van der Waals surface area contributed by atoms with Crippen LogP contribution in [0.2, 0.25) is 5.02 Å². The van der Waals surface area contributed by atoms with Crippen LogP contribution in [0.5, 0.6) is 0 Å². The van der Waals surface area contributed by atoms with E-state index in [2.05, 4.69) is 26.7 Å². The standard InChI is InChI=1S/C20H18ClN5S/c21-14-7-5-13(6-8-14)18-12-27-19(25-18)16(11-22)17-9-10-23-20(26-17)24-15-3-1-2-4-15/h5-10,12,15,25H,1-4H2,(H,23,24,26). The van der Waals surface area contributed by atoms with E-state index in [-0.39, 0.29) is 0 Å². The van der Waals surface area contributed by atoms with Crippen molar-refractivity contribution in [2.45, 2.75) is 31.7 Å². The molecule has 1 saturated carbocycles. The minimum absolute atomic E-state index is 0.426. The number of hydrogen-bond acceptors (Lipinski definition) is 6. The fourth-order valence-corrected chi connectivity index (χ4v) is 4.23. The summed E-state index contributed by atoms with van der Waals surface area (Å²) in [4.78, 5) is 8.87. The number of rotatable bonds is 4. The maximum atomic E-state index is 9.73. The van der Waals surface area contributed by atoms with Crippen LogP contribution < -0.4 is 10.6 Å². The quantitative estimate of drug-likeness (QED) is 0.708. The van der Waals surface area contributed by atoms with Crippen LogP contribution in [-0.4, -0.2) is 16.0 Å². The molecular weight excluding hydrogens is 378 g/mol. The molecule has 7 heteroatoms. The second-order valence-corrected chi connectivity index (χ2v) is 7.80. The molecule has 4 rings (SSSR count). The van der Waals surface area contributed by atoms with Crippen molar-refractivity contribution in [2.75, 3.05) is 5.32 Å². The van der Waals surface area contributed by atoms with Gasteiger partial charge < -0.3 is 10.6 Å². The van der Waals surface area contributed by atoms with Crippen LogP contribution in [0.4, 0.5) is 5.95 Å². The van der Waals surface area contributed by atoms with Gasteiger partial charge in [-0.15, -0.1) is 0 Å². The Morgan fingerprint density at radius 1 is 1.22 bits per heavy atom. The lowest BCUT2D eigenvalue weighted by atomic mass is 10.1. The third kappa shape index (κ3) is 4.10. The van der Waals surface area contributed by atoms with Crippen LogP contribution in [0.3, 0.4) is 0 Å². The predicted molar refractivity (Wildman–Crippen MR) is 111 cm³/mol. The summed E-state index contributed by atoms with van der Waals surface area (Å²) in [6, 6.07) is 12.1. The lowest BCUT2D eigenvalue weighted by molar-refractivity contribution is 0.743. The normalized spacial score (nSPS) is 18.6. The molecule has 1 aliphatic carbocycles. The van der Waals surface area contributed by atoms with Gasteiger partial charge in [0.05, 0.1) is 16.4 Å². The summed E-state index contributed by atoms with van der Waals surface area (Å²) in [5.41, 5.74) is 3.09. The number of nitrogens with zero attached hydrogens (tertiary/aromatic N) is 3. The highest BCUT2D eigenvalue weighted by atomic mass is 35.5. The Hall–Kier alpha value is -2.49. The van der Waals surface area contributed by atoms with Gasteiger partial charge in [0, 0.05) is 22.7 Å². The Morgan fingerprint density at radius 3 is 2.74 bits per heavy atom. The van der Waals surface area contributed by atoms with Gasteiger partial charge >= 0.3 is 0 Å². The van der Waals surface area contributed by atoms with Gasteiger partial charge in [0.15, 0.2) is 0 Å². The van der Waals surface area contributed by atoms with E-state index in [4.69, 9.17) is 11.6 Å². The third-order valence-corrected chi connectivity index (χ3v) is 5.78. The monoisotopic (exact) mass is 395 g/mol. The van der Waals surface area contributed by atoms with Gasteiger partial charge in [0.2, 0.25) is 5.95 Å². The van der Waals surface area contributed by atoms with Crippen molar-refractivity contribution >= 4 is 40.6 Å². The first-order valence-corrected chi connectivity index (χ1v) is 10.1. The minimum atomic E-state index is 0.426. The fraction of sp³-hybridized carbons (Fsp3) is 0.250. The highest BCUT2D eigenvalue weighted by molar-refractivity contribution is 8.06. The number of nitriles is 1. The molecule has 2 aliphatic rings. The van der Waals surface area contributed by atoms with Gasteiger partial charge in [0.25, 0.3) is 0 Å². The van der Waals surface area contributed by atoms with Gasteiger partial charge in [-0.1, -0.05) is 48.3 Å². The molecule has 1 aliphatic heterocycles. The molecular formula is C20H18ClN5S. The Morgan fingerprint density at radius 2 is 2.00 bits per heavy atom. The van der Waals surface area contributed by atoms with Crippen molar-refractivity contribution < 1.29 is 0 Å². The smallest absolute Gasteiger partial charge is 0.223 e. The molecule has 0 unspecified atom stereocenters. The van der Waals surface area contributed by atoms with Crippen LogP contribution >= 0.6 is 23.4 Å². The molecule has 0 radical (unpaired) electrons.